The molecule has 0 unspecified atom stereocenters. The third-order valence-corrected chi connectivity index (χ3v) is 8.69. The summed E-state index contributed by atoms with van der Waals surface area (Å²) in [7, 11) is 0. The maximum Gasteiger partial charge on any atom is 0.322 e. The van der Waals surface area contributed by atoms with E-state index >= 15 is 0 Å². The van der Waals surface area contributed by atoms with Crippen LogP contribution in [0.25, 0.3) is 0 Å². The molecule has 1 aromatic carbocycles. The van der Waals surface area contributed by atoms with Gasteiger partial charge in [-0.3, -0.25) is 19.4 Å². The number of amides is 4. The van der Waals surface area contributed by atoms with Crippen molar-refractivity contribution < 1.29 is 14.4 Å². The van der Waals surface area contributed by atoms with E-state index in [-0.39, 0.29) is 24.4 Å². The van der Waals surface area contributed by atoms with Gasteiger partial charge < -0.3 is 15.1 Å². The number of rotatable bonds is 5. The monoisotopic (exact) mass is 533 g/mol. The van der Waals surface area contributed by atoms with Gasteiger partial charge in [0.1, 0.15) is 6.04 Å². The zero-order valence-corrected chi connectivity index (χ0v) is 22.3. The molecule has 0 aromatic heterocycles. The van der Waals surface area contributed by atoms with Crippen LogP contribution in [0.2, 0.25) is 10.0 Å². The topological polar surface area (TPSA) is 76.2 Å². The Morgan fingerprint density at radius 3 is 2.44 bits per heavy atom. The molecule has 3 heterocycles. The fraction of sp³-hybridized carbons (Fsp3) is 0.577. The highest BCUT2D eigenvalue weighted by molar-refractivity contribution is 6.35. The SMILES string of the molecule is CCN1C(=O)N[C@@H](c2ccc(Cl)cc2Cl)C2=C1CN([C@H](C)C(=O)N1CCN(C3CCCC3)CC1)C2=O. The van der Waals surface area contributed by atoms with Crippen molar-refractivity contribution in [1.29, 1.82) is 0 Å². The van der Waals surface area contributed by atoms with Crippen LogP contribution in [0.1, 0.15) is 51.1 Å². The van der Waals surface area contributed by atoms with Gasteiger partial charge in [-0.1, -0.05) is 42.1 Å². The van der Waals surface area contributed by atoms with Crippen molar-refractivity contribution in [2.75, 3.05) is 39.3 Å². The first-order valence-electron chi connectivity index (χ1n) is 12.9. The minimum Gasteiger partial charge on any atom is -0.338 e. The lowest BCUT2D eigenvalue weighted by Gasteiger charge is -2.40. The quantitative estimate of drug-likeness (QED) is 0.626. The van der Waals surface area contributed by atoms with Crippen molar-refractivity contribution in [3.63, 3.8) is 0 Å². The summed E-state index contributed by atoms with van der Waals surface area (Å²) in [5.41, 5.74) is 1.70. The van der Waals surface area contributed by atoms with E-state index < -0.39 is 12.1 Å². The molecule has 1 N–H and O–H groups in total. The van der Waals surface area contributed by atoms with Gasteiger partial charge in [0.15, 0.2) is 0 Å². The first-order chi connectivity index (χ1) is 17.3. The van der Waals surface area contributed by atoms with Crippen LogP contribution in [-0.4, -0.2) is 88.8 Å². The first-order valence-corrected chi connectivity index (χ1v) is 13.7. The molecule has 4 aliphatic rings. The van der Waals surface area contributed by atoms with Gasteiger partial charge in [0.05, 0.1) is 23.9 Å². The number of nitrogens with zero attached hydrogens (tertiary/aromatic N) is 4. The summed E-state index contributed by atoms with van der Waals surface area (Å²) in [5.74, 6) is -0.289. The van der Waals surface area contributed by atoms with E-state index in [1.807, 2.05) is 11.8 Å². The van der Waals surface area contributed by atoms with Crippen molar-refractivity contribution in [3.8, 4) is 0 Å². The predicted molar refractivity (Wildman–Crippen MR) is 139 cm³/mol. The van der Waals surface area contributed by atoms with Crippen molar-refractivity contribution in [2.45, 2.75) is 57.7 Å². The maximum absolute atomic E-state index is 13.8. The van der Waals surface area contributed by atoms with Gasteiger partial charge in [-0.25, -0.2) is 4.79 Å². The summed E-state index contributed by atoms with van der Waals surface area (Å²) in [6.07, 6.45) is 5.10. The molecule has 1 aromatic rings. The second-order valence-corrected chi connectivity index (χ2v) is 10.9. The van der Waals surface area contributed by atoms with Gasteiger partial charge in [0.25, 0.3) is 5.91 Å². The fourth-order valence-electron chi connectivity index (χ4n) is 6.10. The molecule has 36 heavy (non-hydrogen) atoms. The van der Waals surface area contributed by atoms with Crippen LogP contribution in [0.3, 0.4) is 0 Å². The zero-order valence-electron chi connectivity index (χ0n) is 20.8. The molecule has 5 rings (SSSR count). The highest BCUT2D eigenvalue weighted by Crippen LogP contribution is 2.40. The second kappa shape index (κ2) is 10.2. The van der Waals surface area contributed by atoms with Crippen molar-refractivity contribution >= 4 is 41.0 Å². The van der Waals surface area contributed by atoms with E-state index in [1.54, 1.807) is 34.9 Å². The Kier molecular flexibility index (Phi) is 7.21. The lowest BCUT2D eigenvalue weighted by Crippen LogP contribution is -2.56. The van der Waals surface area contributed by atoms with E-state index in [4.69, 9.17) is 23.2 Å². The van der Waals surface area contributed by atoms with Gasteiger partial charge in [-0.05, 0) is 44.4 Å². The summed E-state index contributed by atoms with van der Waals surface area (Å²) < 4.78 is 0. The summed E-state index contributed by atoms with van der Waals surface area (Å²) in [6, 6.07) is 4.06. The Hall–Kier alpha value is -2.29. The minimum atomic E-state index is -0.699. The molecule has 0 radical (unpaired) electrons. The molecule has 194 valence electrons. The lowest BCUT2D eigenvalue weighted by molar-refractivity contribution is -0.143. The number of hydrogen-bond acceptors (Lipinski definition) is 4. The second-order valence-electron chi connectivity index (χ2n) is 10.1. The molecule has 2 fully saturated rings. The number of halogens is 2. The third-order valence-electron chi connectivity index (χ3n) is 8.13. The standard InChI is InChI=1S/C26H33Cl2N5O3/c1-3-32-21-15-33(16(2)24(34)31-12-10-30(11-13-31)18-6-4-5-7-18)25(35)22(21)23(29-26(32)36)19-9-8-17(27)14-20(19)28/h8-9,14,16,18,23H,3-7,10-13,15H2,1-2H3,(H,29,36)/t16-,23+/m1/s1. The predicted octanol–water partition coefficient (Wildman–Crippen LogP) is 3.65. The summed E-state index contributed by atoms with van der Waals surface area (Å²) in [4.78, 5) is 47.8. The Labute approximate surface area is 222 Å². The number of nitrogens with one attached hydrogen (secondary N) is 1. The van der Waals surface area contributed by atoms with Crippen LogP contribution in [0, 0.1) is 0 Å². The van der Waals surface area contributed by atoms with Crippen molar-refractivity contribution in [2.24, 2.45) is 0 Å². The molecule has 8 nitrogen and oxygen atoms in total. The number of hydrogen-bond donors (Lipinski definition) is 1. The summed E-state index contributed by atoms with van der Waals surface area (Å²) in [5, 5.41) is 3.78. The van der Waals surface area contributed by atoms with Crippen LogP contribution >= 0.6 is 23.2 Å². The molecule has 3 aliphatic heterocycles. The van der Waals surface area contributed by atoms with Gasteiger partial charge in [-0.15, -0.1) is 0 Å². The zero-order chi connectivity index (χ0) is 25.6. The first kappa shape index (κ1) is 25.4. The molecule has 2 atom stereocenters. The number of carbonyl (C=O) groups excluding carboxylic acids is 3. The van der Waals surface area contributed by atoms with Gasteiger partial charge in [-0.2, -0.15) is 0 Å². The fourth-order valence-corrected chi connectivity index (χ4v) is 6.62. The summed E-state index contributed by atoms with van der Waals surface area (Å²) in [6.45, 7) is 7.40. The van der Waals surface area contributed by atoms with E-state index in [1.165, 1.54) is 25.7 Å². The Bertz CT molecular complexity index is 1100. The van der Waals surface area contributed by atoms with Crippen molar-refractivity contribution in [3.05, 3.63) is 45.1 Å². The number of benzene rings is 1. The van der Waals surface area contributed by atoms with Crippen LogP contribution in [0.5, 0.6) is 0 Å². The number of likely N-dealkylation sites (N-methyl/N-ethyl adjacent to an activating group) is 1. The highest BCUT2D eigenvalue weighted by Gasteiger charge is 2.47. The largest absolute Gasteiger partial charge is 0.338 e. The van der Waals surface area contributed by atoms with E-state index in [0.717, 1.165) is 13.1 Å². The van der Waals surface area contributed by atoms with E-state index in [9.17, 15) is 14.4 Å². The Balaban J connectivity index is 1.34. The summed E-state index contributed by atoms with van der Waals surface area (Å²) >= 11 is 12.5. The van der Waals surface area contributed by atoms with E-state index in [2.05, 4.69) is 10.2 Å². The molecule has 1 saturated heterocycles. The number of carbonyl (C=O) groups is 3. The van der Waals surface area contributed by atoms with Gasteiger partial charge >= 0.3 is 6.03 Å². The Morgan fingerprint density at radius 2 is 1.81 bits per heavy atom. The average molecular weight is 534 g/mol. The highest BCUT2D eigenvalue weighted by atomic mass is 35.5. The van der Waals surface area contributed by atoms with Crippen LogP contribution in [-0.2, 0) is 9.59 Å². The molecule has 0 bridgehead atoms. The van der Waals surface area contributed by atoms with Gasteiger partial charge in [0.2, 0.25) is 5.91 Å². The smallest absolute Gasteiger partial charge is 0.322 e. The van der Waals surface area contributed by atoms with Crippen LogP contribution in [0.4, 0.5) is 4.79 Å². The maximum atomic E-state index is 13.8. The molecule has 10 heteroatoms. The normalized spacial score (nSPS) is 24.4. The molecular weight excluding hydrogens is 501 g/mol. The molecule has 1 aliphatic carbocycles. The van der Waals surface area contributed by atoms with Crippen LogP contribution in [0.15, 0.2) is 29.5 Å². The number of piperazine rings is 1. The third kappa shape index (κ3) is 4.48. The minimum absolute atomic E-state index is 0.0438. The molecular formula is C26H33Cl2N5O3. The number of urea groups is 1. The molecule has 1 saturated carbocycles. The lowest BCUT2D eigenvalue weighted by atomic mass is 9.95. The van der Waals surface area contributed by atoms with Gasteiger partial charge in [0, 0.05) is 48.8 Å². The average Bonchev–Trinajstić information content (AvgIpc) is 3.52. The molecule has 0 spiro atoms. The van der Waals surface area contributed by atoms with Crippen molar-refractivity contribution in [1.82, 2.24) is 24.9 Å². The Morgan fingerprint density at radius 1 is 1.11 bits per heavy atom. The van der Waals surface area contributed by atoms with Crippen LogP contribution < -0.4 is 5.32 Å². The van der Waals surface area contributed by atoms with E-state index in [0.29, 0.717) is 52.6 Å². The molecule has 4 amide bonds.